The van der Waals surface area contributed by atoms with Crippen molar-refractivity contribution in [1.82, 2.24) is 4.72 Å². The highest BCUT2D eigenvalue weighted by Crippen LogP contribution is 2.26. The van der Waals surface area contributed by atoms with Gasteiger partial charge in [0.15, 0.2) is 0 Å². The third-order valence-electron chi connectivity index (χ3n) is 3.65. The van der Waals surface area contributed by atoms with E-state index in [1.807, 2.05) is 24.3 Å². The Balaban J connectivity index is 2.28. The molecule has 0 fully saturated rings. The molecule has 130 valence electrons. The number of sulfonamides is 1. The molecule has 2 aromatic rings. The summed E-state index contributed by atoms with van der Waals surface area (Å²) in [5, 5.41) is 0. The molecule has 0 aromatic heterocycles. The number of benzene rings is 2. The Morgan fingerprint density at radius 2 is 1.62 bits per heavy atom. The molecule has 4 nitrogen and oxygen atoms in total. The Kier molecular flexibility index (Phi) is 6.43. The van der Waals surface area contributed by atoms with Crippen LogP contribution in [0, 0.1) is 5.92 Å². The summed E-state index contributed by atoms with van der Waals surface area (Å²) in [5.41, 5.74) is 0.921. The molecule has 0 bridgehead atoms. The van der Waals surface area contributed by atoms with Crippen molar-refractivity contribution in [2.24, 2.45) is 5.92 Å². The molecule has 0 radical (unpaired) electrons. The first-order chi connectivity index (χ1) is 11.3. The van der Waals surface area contributed by atoms with Crippen molar-refractivity contribution in [2.45, 2.75) is 31.2 Å². The van der Waals surface area contributed by atoms with E-state index in [-0.39, 0.29) is 10.9 Å². The molecule has 2 aromatic carbocycles. The smallest absolute Gasteiger partial charge is 0.241 e. The van der Waals surface area contributed by atoms with Crippen LogP contribution < -0.4 is 9.46 Å². The minimum Gasteiger partial charge on any atom is -0.497 e. The van der Waals surface area contributed by atoms with Crippen LogP contribution in [-0.4, -0.2) is 15.5 Å². The van der Waals surface area contributed by atoms with Gasteiger partial charge in [0.05, 0.1) is 12.0 Å². The maximum atomic E-state index is 12.7. The first-order valence-electron chi connectivity index (χ1n) is 7.73. The largest absolute Gasteiger partial charge is 0.497 e. The van der Waals surface area contributed by atoms with E-state index < -0.39 is 10.0 Å². The van der Waals surface area contributed by atoms with Crippen LogP contribution in [0.3, 0.4) is 0 Å². The molecule has 0 spiro atoms. The van der Waals surface area contributed by atoms with Gasteiger partial charge in [0.25, 0.3) is 0 Å². The van der Waals surface area contributed by atoms with Crippen molar-refractivity contribution in [3.05, 3.63) is 58.6 Å². The Bertz CT molecular complexity index is 756. The quantitative estimate of drug-likeness (QED) is 0.728. The molecule has 6 heteroatoms. The van der Waals surface area contributed by atoms with Crippen LogP contribution in [0.15, 0.2) is 57.9 Å². The average Bonchev–Trinajstić information content (AvgIpc) is 2.54. The zero-order valence-electron chi connectivity index (χ0n) is 14.0. The first-order valence-corrected chi connectivity index (χ1v) is 10.0. The van der Waals surface area contributed by atoms with E-state index in [1.165, 1.54) is 0 Å². The van der Waals surface area contributed by atoms with Gasteiger partial charge < -0.3 is 4.74 Å². The predicted octanol–water partition coefficient (Wildman–Crippen LogP) is 4.52. The Morgan fingerprint density at radius 3 is 2.12 bits per heavy atom. The van der Waals surface area contributed by atoms with Gasteiger partial charge in [-0.2, -0.15) is 0 Å². The van der Waals surface area contributed by atoms with Gasteiger partial charge >= 0.3 is 0 Å². The number of hydrogen-bond donors (Lipinski definition) is 1. The maximum absolute atomic E-state index is 12.7. The second kappa shape index (κ2) is 8.14. The summed E-state index contributed by atoms with van der Waals surface area (Å²) in [4.78, 5) is 0.257. The van der Waals surface area contributed by atoms with Crippen LogP contribution in [-0.2, 0) is 10.0 Å². The fraction of sp³-hybridized carbons (Fsp3) is 0.333. The molecule has 2 rings (SSSR count). The predicted molar refractivity (Wildman–Crippen MR) is 99.7 cm³/mol. The molecule has 0 saturated carbocycles. The lowest BCUT2D eigenvalue weighted by atomic mass is 9.98. The molecular formula is C18H22BrNO3S. The zero-order chi connectivity index (χ0) is 17.7. The van der Waals surface area contributed by atoms with Gasteiger partial charge in [-0.3, -0.25) is 0 Å². The second-order valence-electron chi connectivity index (χ2n) is 6.03. The average molecular weight is 412 g/mol. The Hall–Kier alpha value is -1.37. The van der Waals surface area contributed by atoms with E-state index in [0.717, 1.165) is 15.8 Å². The Labute approximate surface area is 152 Å². The van der Waals surface area contributed by atoms with Crippen molar-refractivity contribution < 1.29 is 13.2 Å². The number of nitrogens with one attached hydrogen (secondary N) is 1. The molecule has 1 atom stereocenters. The molecule has 0 aliphatic rings. The van der Waals surface area contributed by atoms with Crippen LogP contribution in [0.5, 0.6) is 5.75 Å². The molecule has 0 saturated heterocycles. The summed E-state index contributed by atoms with van der Waals surface area (Å²) < 4.78 is 34.2. The van der Waals surface area contributed by atoms with E-state index in [4.69, 9.17) is 4.74 Å². The standard InChI is InChI=1S/C18H22BrNO3S/c1-13(2)12-18(14-4-8-16(23-3)9-5-14)20-24(21,22)17-10-6-15(19)7-11-17/h4-11,13,18,20H,12H2,1-3H3/t18-/m0/s1. The van der Waals surface area contributed by atoms with Crippen molar-refractivity contribution in [1.29, 1.82) is 0 Å². The summed E-state index contributed by atoms with van der Waals surface area (Å²) in [5.74, 6) is 1.10. The van der Waals surface area contributed by atoms with Crippen LogP contribution in [0.1, 0.15) is 31.9 Å². The third-order valence-corrected chi connectivity index (χ3v) is 5.66. The van der Waals surface area contributed by atoms with Gasteiger partial charge in [-0.25, -0.2) is 13.1 Å². The monoisotopic (exact) mass is 411 g/mol. The summed E-state index contributed by atoms with van der Waals surface area (Å²) in [6.45, 7) is 4.15. The first kappa shape index (κ1) is 19.0. The SMILES string of the molecule is COc1ccc([C@H](CC(C)C)NS(=O)(=O)c2ccc(Br)cc2)cc1. The minimum absolute atomic E-state index is 0.257. The number of hydrogen-bond acceptors (Lipinski definition) is 3. The van der Waals surface area contributed by atoms with Gasteiger partial charge in [0.1, 0.15) is 5.75 Å². The molecule has 0 aliphatic heterocycles. The second-order valence-corrected chi connectivity index (χ2v) is 8.66. The van der Waals surface area contributed by atoms with Crippen LogP contribution in [0.25, 0.3) is 0 Å². The Morgan fingerprint density at radius 1 is 1.04 bits per heavy atom. The van der Waals surface area contributed by atoms with Crippen LogP contribution in [0.2, 0.25) is 0 Å². The lowest BCUT2D eigenvalue weighted by Gasteiger charge is -2.21. The van der Waals surface area contributed by atoms with E-state index in [0.29, 0.717) is 12.3 Å². The van der Waals surface area contributed by atoms with Crippen molar-refractivity contribution >= 4 is 26.0 Å². The summed E-state index contributed by atoms with van der Waals surface area (Å²) in [7, 11) is -1.98. The van der Waals surface area contributed by atoms with Crippen LogP contribution in [0.4, 0.5) is 0 Å². The normalized spacial score (nSPS) is 13.0. The van der Waals surface area contributed by atoms with Gasteiger partial charge in [-0.05, 0) is 54.3 Å². The van der Waals surface area contributed by atoms with Crippen molar-refractivity contribution in [2.75, 3.05) is 7.11 Å². The number of methoxy groups -OCH3 is 1. The topological polar surface area (TPSA) is 55.4 Å². The summed E-state index contributed by atoms with van der Waals surface area (Å²) in [6, 6.07) is 13.8. The van der Waals surface area contributed by atoms with E-state index in [2.05, 4.69) is 34.5 Å². The molecule has 0 aliphatic carbocycles. The molecule has 0 amide bonds. The van der Waals surface area contributed by atoms with E-state index in [9.17, 15) is 8.42 Å². The fourth-order valence-electron chi connectivity index (χ4n) is 2.43. The zero-order valence-corrected chi connectivity index (χ0v) is 16.4. The van der Waals surface area contributed by atoms with Gasteiger partial charge in [-0.1, -0.05) is 41.9 Å². The van der Waals surface area contributed by atoms with Gasteiger partial charge in [0, 0.05) is 10.5 Å². The van der Waals surface area contributed by atoms with Crippen molar-refractivity contribution in [3.8, 4) is 5.75 Å². The highest BCUT2D eigenvalue weighted by atomic mass is 79.9. The van der Waals surface area contributed by atoms with E-state index >= 15 is 0 Å². The minimum atomic E-state index is -3.59. The fourth-order valence-corrected chi connectivity index (χ4v) is 3.93. The molecular weight excluding hydrogens is 390 g/mol. The number of halogens is 1. The highest BCUT2D eigenvalue weighted by Gasteiger charge is 2.22. The van der Waals surface area contributed by atoms with Crippen LogP contribution >= 0.6 is 15.9 Å². The van der Waals surface area contributed by atoms with Gasteiger partial charge in [-0.15, -0.1) is 0 Å². The highest BCUT2D eigenvalue weighted by molar-refractivity contribution is 9.10. The lowest BCUT2D eigenvalue weighted by molar-refractivity contribution is 0.414. The maximum Gasteiger partial charge on any atom is 0.241 e. The number of ether oxygens (including phenoxy) is 1. The molecule has 1 N–H and O–H groups in total. The number of rotatable bonds is 7. The third kappa shape index (κ3) is 5.06. The van der Waals surface area contributed by atoms with Gasteiger partial charge in [0.2, 0.25) is 10.0 Å². The molecule has 0 unspecified atom stereocenters. The van der Waals surface area contributed by atoms with E-state index in [1.54, 1.807) is 31.4 Å². The lowest BCUT2D eigenvalue weighted by Crippen LogP contribution is -2.29. The summed E-state index contributed by atoms with van der Waals surface area (Å²) >= 11 is 3.32. The molecule has 0 heterocycles. The van der Waals surface area contributed by atoms with Crippen molar-refractivity contribution in [3.63, 3.8) is 0 Å². The molecule has 24 heavy (non-hydrogen) atoms. The summed E-state index contributed by atoms with van der Waals surface area (Å²) in [6.07, 6.45) is 0.710.